The molecule has 8 N–H and O–H groups in total. The number of rotatable bonds is 66. The summed E-state index contributed by atoms with van der Waals surface area (Å²) in [5, 5.41) is 76.0. The van der Waals surface area contributed by atoms with Gasteiger partial charge in [-0.3, -0.25) is 47.9 Å². The highest BCUT2D eigenvalue weighted by Crippen LogP contribution is 2.22. The number of hydrogen-bond acceptors (Lipinski definition) is 24. The Balaban J connectivity index is -0.0000000954. The van der Waals surface area contributed by atoms with Crippen LogP contribution in [0.3, 0.4) is 0 Å². The van der Waals surface area contributed by atoms with Crippen LogP contribution >= 0.6 is 148 Å². The van der Waals surface area contributed by atoms with Crippen molar-refractivity contribution in [3.63, 3.8) is 0 Å². The molecule has 0 heterocycles. The molecule has 0 aromatic rings. The van der Waals surface area contributed by atoms with Crippen LogP contribution in [0.4, 0.5) is 0 Å². The molecular weight excluding hydrogens is 1800 g/mol. The number of aliphatic carboxylic acids is 2. The summed E-state index contributed by atoms with van der Waals surface area (Å²) in [6.45, 7) is 16.3. The second kappa shape index (κ2) is 110. The summed E-state index contributed by atoms with van der Waals surface area (Å²) in [4.78, 5) is 112. The first-order valence-corrected chi connectivity index (χ1v) is 41.7. The smallest absolute Gasteiger partial charge is 0.305 e. The van der Waals surface area contributed by atoms with E-state index in [0.29, 0.717) is 77.0 Å². The van der Waals surface area contributed by atoms with Gasteiger partial charge in [-0.2, -0.15) is 148 Å². The quantitative estimate of drug-likeness (QED) is 0.0121. The maximum absolute atomic E-state index is 11.6. The van der Waals surface area contributed by atoms with Crippen LogP contribution in [0.25, 0.3) is 0 Å². The Hall–Kier alpha value is -2.73. The minimum absolute atomic E-state index is 0. The molecule has 0 aliphatic rings. The van der Waals surface area contributed by atoms with Crippen LogP contribution in [0.5, 0.6) is 0 Å². The summed E-state index contributed by atoms with van der Waals surface area (Å²) in [7, 11) is 2.79. The minimum Gasteiger partial charge on any atom is -0.481 e. The van der Waals surface area contributed by atoms with Gasteiger partial charge in [0.1, 0.15) is 24.4 Å². The monoisotopic (exact) mass is 1970 g/mol. The van der Waals surface area contributed by atoms with Crippen molar-refractivity contribution >= 4 is 208 Å². The molecule has 0 bridgehead atoms. The average Bonchev–Trinajstić information content (AvgIpc) is 0.894. The number of aliphatic hydroxyl groups is 6. The van der Waals surface area contributed by atoms with E-state index >= 15 is 0 Å². The zero-order valence-corrected chi connectivity index (χ0v) is 87.1. The Bertz CT molecular complexity index is 2570. The van der Waals surface area contributed by atoms with Crippen molar-refractivity contribution in [1.29, 1.82) is 0 Å². The lowest BCUT2D eigenvalue weighted by Crippen LogP contribution is -2.33. The summed E-state index contributed by atoms with van der Waals surface area (Å²) in [5.74, 6) is -4.55. The SMILES string of the molecule is CCCCC[C@H](O)[C@@H](O)/C=C/[C@@H](O)CCCCCCCC(=O)O.CCCCC[C@H](O)[C@@H](O)/C=C/[C@@H](O)CCCCCCCC(=O)OC.CCCCC[C@H](OC(C)=O)[C@H](/C=C/[C@H](CCCCCCCC(=O)O)OC(C)=O)OC(C)=O.CCCCC[C@H](OC(C)=O)[C@H](/C=C/[C@H](CCCCCCCC(=O)OC)OC(C)=O)OC(C)=O.S.S.S.S.S.S.S.S.S.S.S. The average molecular weight is 1980 g/mol. The summed E-state index contributed by atoms with van der Waals surface area (Å²) in [6, 6.07) is 0. The van der Waals surface area contributed by atoms with Crippen LogP contribution in [0.15, 0.2) is 48.6 Å². The number of unbranched alkanes of at least 4 members (excludes halogenated alkanes) is 24. The van der Waals surface area contributed by atoms with E-state index in [4.69, 9.17) is 38.6 Å². The molecule has 123 heavy (non-hydrogen) atoms. The largest absolute Gasteiger partial charge is 0.481 e. The van der Waals surface area contributed by atoms with Crippen molar-refractivity contribution in [3.8, 4) is 0 Å². The van der Waals surface area contributed by atoms with E-state index in [1.54, 1.807) is 36.5 Å². The van der Waals surface area contributed by atoms with Gasteiger partial charge in [-0.15, -0.1) is 0 Å². The predicted molar refractivity (Wildman–Crippen MR) is 545 cm³/mol. The van der Waals surface area contributed by atoms with Crippen LogP contribution in [-0.4, -0.2) is 188 Å². The highest BCUT2D eigenvalue weighted by molar-refractivity contribution is 7.60. The molecule has 0 aromatic heterocycles. The molecule has 0 aromatic carbocycles. The molecule has 0 aliphatic heterocycles. The minimum atomic E-state index is -0.919. The number of esters is 8. The Labute approximate surface area is 816 Å². The Kier molecular flexibility index (Phi) is 138. The number of carbonyl (C=O) groups is 10. The second-order valence-corrected chi connectivity index (χ2v) is 28.7. The van der Waals surface area contributed by atoms with E-state index in [1.807, 2.05) is 0 Å². The molecule has 12 atom stereocenters. The Morgan fingerprint density at radius 3 is 0.724 bits per heavy atom. The van der Waals surface area contributed by atoms with Crippen molar-refractivity contribution in [2.45, 2.75) is 425 Å². The molecule has 0 radical (unpaired) electrons. The fourth-order valence-corrected chi connectivity index (χ4v) is 11.6. The molecular formula is C86H174O26S11. The first-order chi connectivity index (χ1) is 53.3. The van der Waals surface area contributed by atoms with Crippen LogP contribution in [-0.2, 0) is 85.8 Å². The number of aliphatic hydroxyl groups excluding tert-OH is 6. The van der Waals surface area contributed by atoms with Crippen LogP contribution in [0.1, 0.15) is 352 Å². The maximum Gasteiger partial charge on any atom is 0.305 e. The number of carboxylic acid groups (broad SMARTS) is 2. The van der Waals surface area contributed by atoms with E-state index < -0.39 is 121 Å². The second-order valence-electron chi connectivity index (χ2n) is 28.7. The third-order valence-electron chi connectivity index (χ3n) is 17.9. The summed E-state index contributed by atoms with van der Waals surface area (Å²) < 4.78 is 41.6. The number of hydrogen-bond donors (Lipinski definition) is 8. The van der Waals surface area contributed by atoms with Crippen molar-refractivity contribution in [3.05, 3.63) is 48.6 Å². The van der Waals surface area contributed by atoms with Crippen molar-refractivity contribution < 1.29 is 127 Å². The number of carboxylic acids is 2. The van der Waals surface area contributed by atoms with Crippen molar-refractivity contribution in [2.24, 2.45) is 0 Å². The molecule has 0 aliphatic carbocycles. The molecule has 0 saturated heterocycles. The van der Waals surface area contributed by atoms with Gasteiger partial charge in [-0.1, -0.05) is 206 Å². The first kappa shape index (κ1) is 154. The van der Waals surface area contributed by atoms with Crippen LogP contribution in [0, 0.1) is 0 Å². The lowest BCUT2D eigenvalue weighted by atomic mass is 10.0. The van der Waals surface area contributed by atoms with E-state index in [9.17, 15) is 78.6 Å². The molecule has 0 fully saturated rings. The molecule has 0 spiro atoms. The molecule has 26 nitrogen and oxygen atoms in total. The Morgan fingerprint density at radius 1 is 0.252 bits per heavy atom. The molecule has 0 saturated carbocycles. The highest BCUT2D eigenvalue weighted by atomic mass is 32.1. The van der Waals surface area contributed by atoms with Gasteiger partial charge in [0, 0.05) is 67.2 Å². The zero-order valence-electron chi connectivity index (χ0n) is 76.1. The highest BCUT2D eigenvalue weighted by Gasteiger charge is 2.28. The maximum atomic E-state index is 11.6. The molecule has 740 valence electrons. The van der Waals surface area contributed by atoms with Crippen molar-refractivity contribution in [2.75, 3.05) is 14.2 Å². The molecule has 0 rings (SSSR count). The number of ether oxygens (including phenoxy) is 8. The lowest BCUT2D eigenvalue weighted by Gasteiger charge is -2.24. The summed E-state index contributed by atoms with van der Waals surface area (Å²) in [6.07, 6.45) is 40.1. The standard InChI is InChI=1S/C25H42O8.C24H40O8.C19H36O5.C18H34O5.11H2S/c1-6-7-11-15-23(32-20(3)27)24(33-21(4)28)18-17-22(31-19(2)26)14-12-9-8-10-13-16-25(29)30-5;1-5-6-10-14-22(31-19(3)26)23(32-20(4)27)17-16-21(30-18(2)25)13-11-8-7-9-12-15-24(28)29;1-3-4-8-12-17(21)18(22)15-14-16(20)11-9-6-5-7-10-13-19(23)24-2;1-2-3-7-11-16(20)17(21)14-13-15(19)10-8-5-4-6-9-12-18(22)23;;;;;;;;;;;/h17-18,22-24H,6-16H2,1-5H3;16-17,21-23H,5-15H2,1-4H3,(H,28,29);14-18,20-22H,3-13H2,1-2H3;13-17,19-21H,2-12H2,1H3,(H,22,23);11*1H2/b18-17+;17-16+;15-14+;14-13+;;;;;;;;;;;/t22-,23-,24-;21-,22-,23-;16-,17-,18-;15-,16-,17-;;;;;;;;;;;/m0000.........../s1. The van der Waals surface area contributed by atoms with E-state index in [-0.39, 0.29) is 173 Å². The van der Waals surface area contributed by atoms with Gasteiger partial charge in [0.15, 0.2) is 12.2 Å². The first-order valence-electron chi connectivity index (χ1n) is 41.7. The van der Waals surface area contributed by atoms with Gasteiger partial charge in [0.05, 0.1) is 50.8 Å². The number of methoxy groups -OCH3 is 2. The van der Waals surface area contributed by atoms with Gasteiger partial charge < -0.3 is 78.7 Å². The van der Waals surface area contributed by atoms with Crippen LogP contribution in [0.2, 0.25) is 0 Å². The van der Waals surface area contributed by atoms with Gasteiger partial charge >= 0.3 is 59.7 Å². The third kappa shape index (κ3) is 112. The Morgan fingerprint density at radius 2 is 0.480 bits per heavy atom. The third-order valence-corrected chi connectivity index (χ3v) is 17.9. The van der Waals surface area contributed by atoms with Gasteiger partial charge in [-0.25, -0.2) is 0 Å². The predicted octanol–water partition coefficient (Wildman–Crippen LogP) is 16.9. The summed E-state index contributed by atoms with van der Waals surface area (Å²) >= 11 is 0. The van der Waals surface area contributed by atoms with Gasteiger partial charge in [0.25, 0.3) is 0 Å². The lowest BCUT2D eigenvalue weighted by molar-refractivity contribution is -0.162. The topological polar surface area (TPSA) is 406 Å². The molecule has 0 amide bonds. The fourth-order valence-electron chi connectivity index (χ4n) is 11.6. The number of carbonyl (C=O) groups excluding carboxylic acids is 8. The van der Waals surface area contributed by atoms with Gasteiger partial charge in [0.2, 0.25) is 0 Å². The van der Waals surface area contributed by atoms with E-state index in [2.05, 4.69) is 37.2 Å². The molecule has 0 unspecified atom stereocenters. The summed E-state index contributed by atoms with van der Waals surface area (Å²) in [5.41, 5.74) is 0. The fraction of sp³-hybridized carbons (Fsp3) is 0.791. The normalized spacial score (nSPS) is 13.2. The van der Waals surface area contributed by atoms with Crippen LogP contribution < -0.4 is 0 Å². The zero-order chi connectivity index (χ0) is 85.1. The molecule has 37 heteroatoms. The van der Waals surface area contributed by atoms with Gasteiger partial charge in [-0.05, 0) is 127 Å². The van der Waals surface area contributed by atoms with E-state index in [1.165, 1.54) is 67.9 Å². The van der Waals surface area contributed by atoms with E-state index in [0.717, 1.165) is 193 Å². The van der Waals surface area contributed by atoms with Crippen molar-refractivity contribution in [1.82, 2.24) is 0 Å².